The van der Waals surface area contributed by atoms with Gasteiger partial charge in [0.15, 0.2) is 5.65 Å². The van der Waals surface area contributed by atoms with E-state index in [1.165, 1.54) is 0 Å². The van der Waals surface area contributed by atoms with Crippen molar-refractivity contribution in [3.05, 3.63) is 84.2 Å². The highest BCUT2D eigenvalue weighted by Gasteiger charge is 2.20. The maximum Gasteiger partial charge on any atom is 0.224 e. The van der Waals surface area contributed by atoms with Crippen LogP contribution in [-0.4, -0.2) is 42.3 Å². The Kier molecular flexibility index (Phi) is 6.11. The number of aromatic nitrogens is 6. The molecule has 0 aromatic carbocycles. The standard InChI is InChI=1S/C30H28N8O/c1-30(2,3)13-27(39)35-21-10-19(14-33-16-21)20-11-24-28(37-38-29(24)34-15-20)25-12-23-22(18-4-7-31-8-5-18)6-9-32-17-26(23)36-25/h4-12,14-16,36H,13,17H2,1-3H3,(H,35,39)(H,34,37,38). The summed E-state index contributed by atoms with van der Waals surface area (Å²) in [5.74, 6) is -0.0387. The number of carbonyl (C=O) groups is 1. The Bertz CT molecular complexity index is 1740. The van der Waals surface area contributed by atoms with Crippen LogP contribution in [0.15, 0.2) is 72.4 Å². The van der Waals surface area contributed by atoms with Gasteiger partial charge in [0.2, 0.25) is 5.91 Å². The third kappa shape index (κ3) is 5.11. The molecule has 0 aliphatic carbocycles. The summed E-state index contributed by atoms with van der Waals surface area (Å²) in [6.07, 6.45) is 13.1. The van der Waals surface area contributed by atoms with Crippen LogP contribution in [0.1, 0.15) is 44.0 Å². The molecule has 0 saturated heterocycles. The van der Waals surface area contributed by atoms with E-state index in [2.05, 4.69) is 46.5 Å². The lowest BCUT2D eigenvalue weighted by molar-refractivity contribution is -0.117. The Morgan fingerprint density at radius 2 is 1.82 bits per heavy atom. The van der Waals surface area contributed by atoms with Gasteiger partial charge in [-0.3, -0.25) is 24.9 Å². The molecule has 0 fully saturated rings. The Morgan fingerprint density at radius 1 is 1.00 bits per heavy atom. The quantitative estimate of drug-likeness (QED) is 0.272. The van der Waals surface area contributed by atoms with E-state index >= 15 is 0 Å². The van der Waals surface area contributed by atoms with E-state index in [9.17, 15) is 4.79 Å². The van der Waals surface area contributed by atoms with Gasteiger partial charge >= 0.3 is 0 Å². The largest absolute Gasteiger partial charge is 0.355 e. The third-order valence-corrected chi connectivity index (χ3v) is 6.50. The number of hydrogen-bond acceptors (Lipinski definition) is 6. The molecule has 6 rings (SSSR count). The molecular weight excluding hydrogens is 488 g/mol. The van der Waals surface area contributed by atoms with Gasteiger partial charge in [-0.05, 0) is 53.0 Å². The Morgan fingerprint density at radius 3 is 2.64 bits per heavy atom. The molecule has 0 atom stereocenters. The minimum Gasteiger partial charge on any atom is -0.355 e. The lowest BCUT2D eigenvalue weighted by Crippen LogP contribution is -2.19. The molecule has 3 N–H and O–H groups in total. The van der Waals surface area contributed by atoms with E-state index in [4.69, 9.17) is 0 Å². The second-order valence-electron chi connectivity index (χ2n) is 10.8. The molecule has 5 aromatic rings. The highest BCUT2D eigenvalue weighted by molar-refractivity contribution is 5.97. The first-order valence-electron chi connectivity index (χ1n) is 12.8. The fourth-order valence-electron chi connectivity index (χ4n) is 4.76. The van der Waals surface area contributed by atoms with Gasteiger partial charge in [-0.25, -0.2) is 4.98 Å². The van der Waals surface area contributed by atoms with E-state index < -0.39 is 0 Å². The lowest BCUT2D eigenvalue weighted by atomic mass is 9.92. The molecule has 5 aromatic heterocycles. The molecule has 0 spiro atoms. The number of fused-ring (bicyclic) bond motifs is 2. The number of pyridine rings is 3. The number of amides is 1. The molecule has 1 aliphatic heterocycles. The summed E-state index contributed by atoms with van der Waals surface area (Å²) in [5.41, 5.74) is 8.90. The van der Waals surface area contributed by atoms with Crippen molar-refractivity contribution in [3.63, 3.8) is 0 Å². The summed E-state index contributed by atoms with van der Waals surface area (Å²) < 4.78 is 0. The van der Waals surface area contributed by atoms with Gasteiger partial charge < -0.3 is 10.3 Å². The van der Waals surface area contributed by atoms with Crippen molar-refractivity contribution in [2.24, 2.45) is 10.4 Å². The molecule has 9 heteroatoms. The molecule has 1 aliphatic rings. The average molecular weight is 517 g/mol. The van der Waals surface area contributed by atoms with Gasteiger partial charge in [0.05, 0.1) is 29.8 Å². The number of rotatable bonds is 5. The molecule has 0 radical (unpaired) electrons. The lowest BCUT2D eigenvalue weighted by Gasteiger charge is -2.17. The zero-order valence-corrected chi connectivity index (χ0v) is 22.0. The number of aromatic amines is 2. The van der Waals surface area contributed by atoms with Crippen LogP contribution >= 0.6 is 0 Å². The van der Waals surface area contributed by atoms with Gasteiger partial charge in [0.25, 0.3) is 0 Å². The van der Waals surface area contributed by atoms with Crippen molar-refractivity contribution in [2.45, 2.75) is 33.7 Å². The van der Waals surface area contributed by atoms with Gasteiger partial charge in [0.1, 0.15) is 0 Å². The molecule has 6 heterocycles. The summed E-state index contributed by atoms with van der Waals surface area (Å²) in [5, 5.41) is 11.4. The summed E-state index contributed by atoms with van der Waals surface area (Å²) >= 11 is 0. The number of anilines is 1. The predicted octanol–water partition coefficient (Wildman–Crippen LogP) is 5.80. The van der Waals surface area contributed by atoms with Crippen molar-refractivity contribution < 1.29 is 4.79 Å². The number of hydrogen-bond donors (Lipinski definition) is 3. The van der Waals surface area contributed by atoms with Crippen LogP contribution in [-0.2, 0) is 11.3 Å². The molecule has 1 amide bonds. The van der Waals surface area contributed by atoms with E-state index in [0.717, 1.165) is 50.3 Å². The van der Waals surface area contributed by atoms with Crippen LogP contribution < -0.4 is 5.32 Å². The molecule has 39 heavy (non-hydrogen) atoms. The normalized spacial score (nSPS) is 13.2. The van der Waals surface area contributed by atoms with Crippen molar-refractivity contribution in [3.8, 4) is 22.5 Å². The number of nitrogens with zero attached hydrogens (tertiary/aromatic N) is 5. The summed E-state index contributed by atoms with van der Waals surface area (Å²) in [4.78, 5) is 33.6. The van der Waals surface area contributed by atoms with Crippen molar-refractivity contribution >= 4 is 34.4 Å². The van der Waals surface area contributed by atoms with E-state index in [1.807, 2.05) is 57.3 Å². The van der Waals surface area contributed by atoms with Crippen molar-refractivity contribution in [1.82, 2.24) is 30.1 Å². The molecular formula is C30H28N8O. The monoisotopic (exact) mass is 516 g/mol. The number of allylic oxidation sites excluding steroid dienone is 1. The third-order valence-electron chi connectivity index (χ3n) is 6.50. The molecule has 9 nitrogen and oxygen atoms in total. The van der Waals surface area contributed by atoms with E-state index in [-0.39, 0.29) is 11.3 Å². The van der Waals surface area contributed by atoms with Crippen molar-refractivity contribution in [1.29, 1.82) is 0 Å². The number of aliphatic imine (C=N–C) groups is 1. The van der Waals surface area contributed by atoms with Crippen molar-refractivity contribution in [2.75, 3.05) is 5.32 Å². The van der Waals surface area contributed by atoms with Gasteiger partial charge in [-0.2, -0.15) is 5.10 Å². The molecule has 194 valence electrons. The minimum atomic E-state index is -0.0981. The summed E-state index contributed by atoms with van der Waals surface area (Å²) in [6, 6.07) is 10.1. The van der Waals surface area contributed by atoms with Gasteiger partial charge in [0, 0.05) is 65.2 Å². The Labute approximate surface area is 225 Å². The minimum absolute atomic E-state index is 0.0387. The average Bonchev–Trinajstić information content (AvgIpc) is 3.47. The number of nitrogens with one attached hydrogen (secondary N) is 3. The Hall–Kier alpha value is -4.92. The smallest absolute Gasteiger partial charge is 0.224 e. The predicted molar refractivity (Wildman–Crippen MR) is 153 cm³/mol. The first kappa shape index (κ1) is 24.4. The zero-order chi connectivity index (χ0) is 27.0. The molecule has 0 bridgehead atoms. The van der Waals surface area contributed by atoms with Gasteiger partial charge in [-0.15, -0.1) is 0 Å². The van der Waals surface area contributed by atoms with E-state index in [0.29, 0.717) is 24.3 Å². The molecule has 0 saturated carbocycles. The highest BCUT2D eigenvalue weighted by atomic mass is 16.1. The second-order valence-corrected chi connectivity index (χ2v) is 10.8. The maximum absolute atomic E-state index is 12.5. The first-order valence-corrected chi connectivity index (χ1v) is 12.8. The van der Waals surface area contributed by atoms with Gasteiger partial charge in [-0.1, -0.05) is 20.8 Å². The summed E-state index contributed by atoms with van der Waals surface area (Å²) in [6.45, 7) is 6.66. The SMILES string of the molecule is CC(C)(C)CC(=O)Nc1cncc(-c2cnc3n[nH]c(-c4cc5c([nH]4)CN=CC=C5c4ccncc4)c3c2)c1. The summed E-state index contributed by atoms with van der Waals surface area (Å²) in [7, 11) is 0. The van der Waals surface area contributed by atoms with Crippen LogP contribution in [0.5, 0.6) is 0 Å². The van der Waals surface area contributed by atoms with Crippen LogP contribution in [0.3, 0.4) is 0 Å². The topological polar surface area (TPSA) is 125 Å². The first-order chi connectivity index (χ1) is 18.8. The highest BCUT2D eigenvalue weighted by Crippen LogP contribution is 2.35. The molecule has 0 unspecified atom stereocenters. The van der Waals surface area contributed by atoms with E-state index in [1.54, 1.807) is 31.0 Å². The Balaban J connectivity index is 1.34. The number of H-pyrrole nitrogens is 2. The zero-order valence-electron chi connectivity index (χ0n) is 22.0. The maximum atomic E-state index is 12.5. The van der Waals surface area contributed by atoms with Crippen LogP contribution in [0.25, 0.3) is 39.1 Å². The fourth-order valence-corrected chi connectivity index (χ4v) is 4.76. The second kappa shape index (κ2) is 9.75. The fraction of sp³-hybridized carbons (Fsp3) is 0.200. The number of carbonyl (C=O) groups excluding carboxylic acids is 1. The van der Waals surface area contributed by atoms with Crippen LogP contribution in [0.2, 0.25) is 0 Å². The van der Waals surface area contributed by atoms with Crippen LogP contribution in [0, 0.1) is 5.41 Å². The van der Waals surface area contributed by atoms with Crippen LogP contribution in [0.4, 0.5) is 5.69 Å².